The number of fused-ring (bicyclic) bond motifs is 1. The zero-order chi connectivity index (χ0) is 23.1. The fourth-order valence-electron chi connectivity index (χ4n) is 4.66. The van der Waals surface area contributed by atoms with Gasteiger partial charge in [0.05, 0.1) is 17.5 Å². The second kappa shape index (κ2) is 8.46. The average molecular weight is 444 g/mol. The third kappa shape index (κ3) is 4.03. The molecule has 1 unspecified atom stereocenters. The predicted molar refractivity (Wildman–Crippen MR) is 126 cm³/mol. The van der Waals surface area contributed by atoms with Crippen LogP contribution in [-0.4, -0.2) is 42.7 Å². The van der Waals surface area contributed by atoms with Crippen LogP contribution in [-0.2, 0) is 6.42 Å². The fourth-order valence-corrected chi connectivity index (χ4v) is 4.66. The van der Waals surface area contributed by atoms with Crippen LogP contribution >= 0.6 is 0 Å². The molecule has 1 aliphatic rings. The lowest BCUT2D eigenvalue weighted by Crippen LogP contribution is -2.45. The molecule has 4 aromatic heterocycles. The van der Waals surface area contributed by atoms with Crippen LogP contribution in [0, 0.1) is 27.7 Å². The van der Waals surface area contributed by atoms with Crippen molar-refractivity contribution in [1.82, 2.24) is 24.3 Å². The largest absolute Gasteiger partial charge is 0.441 e. The lowest BCUT2D eigenvalue weighted by Gasteiger charge is -2.35. The van der Waals surface area contributed by atoms with Gasteiger partial charge in [0.2, 0.25) is 5.89 Å². The number of hydrogen-bond donors (Lipinski definition) is 0. The fraction of sp³-hybridized carbons (Fsp3) is 0.385. The Bertz CT molecular complexity index is 1340. The predicted octanol–water partition coefficient (Wildman–Crippen LogP) is 4.86. The quantitative estimate of drug-likeness (QED) is 0.450. The molecule has 0 spiro atoms. The zero-order valence-corrected chi connectivity index (χ0v) is 19.6. The number of aromatic nitrogens is 4. The van der Waals surface area contributed by atoms with Crippen molar-refractivity contribution in [2.75, 3.05) is 6.54 Å². The van der Waals surface area contributed by atoms with E-state index in [1.807, 2.05) is 30.9 Å². The third-order valence-electron chi connectivity index (χ3n) is 6.62. The molecule has 0 aliphatic carbocycles. The topological polar surface area (TPSA) is 76.5 Å². The summed E-state index contributed by atoms with van der Waals surface area (Å²) >= 11 is 0. The van der Waals surface area contributed by atoms with E-state index >= 15 is 0 Å². The summed E-state index contributed by atoms with van der Waals surface area (Å²) in [5.74, 6) is 1.07. The first-order valence-electron chi connectivity index (χ1n) is 11.6. The van der Waals surface area contributed by atoms with Crippen molar-refractivity contribution in [3.05, 3.63) is 70.8 Å². The number of pyridine rings is 2. The van der Waals surface area contributed by atoms with E-state index in [9.17, 15) is 4.79 Å². The second-order valence-corrected chi connectivity index (χ2v) is 9.06. The molecule has 0 aromatic carbocycles. The van der Waals surface area contributed by atoms with Crippen molar-refractivity contribution < 1.29 is 9.21 Å². The summed E-state index contributed by atoms with van der Waals surface area (Å²) in [4.78, 5) is 29.6. The minimum absolute atomic E-state index is 0.0648. The number of carbonyl (C=O) groups is 1. The minimum Gasteiger partial charge on any atom is -0.441 e. The number of likely N-dealkylation sites (tertiary alicyclic amines) is 1. The van der Waals surface area contributed by atoms with Crippen molar-refractivity contribution in [3.63, 3.8) is 0 Å². The molecular formula is C26H29N5O2. The van der Waals surface area contributed by atoms with Crippen molar-refractivity contribution in [2.24, 2.45) is 0 Å². The number of nitrogens with zero attached hydrogens (tertiary/aromatic N) is 5. The Hall–Kier alpha value is -3.48. The molecule has 0 N–H and O–H groups in total. The van der Waals surface area contributed by atoms with Crippen LogP contribution < -0.4 is 0 Å². The molecule has 1 atom stereocenters. The van der Waals surface area contributed by atoms with Gasteiger partial charge in [-0.05, 0) is 76.3 Å². The van der Waals surface area contributed by atoms with Gasteiger partial charge < -0.3 is 13.7 Å². The van der Waals surface area contributed by atoms with E-state index < -0.39 is 0 Å². The minimum atomic E-state index is -0.0648. The number of imidazole rings is 1. The first-order chi connectivity index (χ1) is 15.9. The highest BCUT2D eigenvalue weighted by Gasteiger charge is 2.31. The number of oxazole rings is 1. The van der Waals surface area contributed by atoms with E-state index in [1.54, 1.807) is 6.20 Å². The van der Waals surface area contributed by atoms with Gasteiger partial charge in [-0.15, -0.1) is 0 Å². The summed E-state index contributed by atoms with van der Waals surface area (Å²) < 4.78 is 7.81. The van der Waals surface area contributed by atoms with E-state index in [0.29, 0.717) is 29.5 Å². The summed E-state index contributed by atoms with van der Waals surface area (Å²) in [5.41, 5.74) is 6.26. The Morgan fingerprint density at radius 1 is 1.12 bits per heavy atom. The zero-order valence-electron chi connectivity index (χ0n) is 19.6. The van der Waals surface area contributed by atoms with E-state index in [1.165, 1.54) is 11.1 Å². The number of rotatable bonds is 4. The number of hydrogen-bond acceptors (Lipinski definition) is 5. The Morgan fingerprint density at radius 3 is 2.76 bits per heavy atom. The maximum atomic E-state index is 13.8. The summed E-state index contributed by atoms with van der Waals surface area (Å²) in [6, 6.07) is 5.96. The molecule has 0 saturated carbocycles. The maximum absolute atomic E-state index is 13.8. The Balaban J connectivity index is 1.47. The van der Waals surface area contributed by atoms with Crippen molar-refractivity contribution in [2.45, 2.75) is 59.4 Å². The SMILES string of the molecule is Cc1ccc(-c2ncc(C)o2)c(C(=O)N2CCCCC2Cc2cn3ccc(C)c(C)c3n2)n1. The summed E-state index contributed by atoms with van der Waals surface area (Å²) in [7, 11) is 0. The molecule has 1 amide bonds. The highest BCUT2D eigenvalue weighted by Crippen LogP contribution is 2.28. The molecule has 1 fully saturated rings. The summed E-state index contributed by atoms with van der Waals surface area (Å²) in [6.07, 6.45) is 9.59. The van der Waals surface area contributed by atoms with Gasteiger partial charge in [0.25, 0.3) is 5.91 Å². The van der Waals surface area contributed by atoms with Crippen molar-refractivity contribution in [3.8, 4) is 11.5 Å². The van der Waals surface area contributed by atoms with Gasteiger partial charge in [-0.1, -0.05) is 0 Å². The normalized spacial score (nSPS) is 16.5. The first-order valence-corrected chi connectivity index (χ1v) is 11.6. The van der Waals surface area contributed by atoms with Crippen molar-refractivity contribution in [1.29, 1.82) is 0 Å². The van der Waals surface area contributed by atoms with E-state index in [2.05, 4.69) is 46.7 Å². The summed E-state index contributed by atoms with van der Waals surface area (Å²) in [6.45, 7) is 8.67. The van der Waals surface area contributed by atoms with Gasteiger partial charge in [-0.25, -0.2) is 15.0 Å². The highest BCUT2D eigenvalue weighted by molar-refractivity contribution is 5.98. The van der Waals surface area contributed by atoms with Gasteiger partial charge in [0.1, 0.15) is 17.1 Å². The van der Waals surface area contributed by atoms with Crippen LogP contribution in [0.2, 0.25) is 0 Å². The van der Waals surface area contributed by atoms with Gasteiger partial charge in [0.15, 0.2) is 0 Å². The van der Waals surface area contributed by atoms with Gasteiger partial charge in [-0.3, -0.25) is 4.79 Å². The average Bonchev–Trinajstić information content (AvgIpc) is 3.42. The third-order valence-corrected chi connectivity index (χ3v) is 6.62. The Labute approximate surface area is 193 Å². The lowest BCUT2D eigenvalue weighted by molar-refractivity contribution is 0.0607. The number of piperidine rings is 1. The van der Waals surface area contributed by atoms with Crippen LogP contribution in [0.1, 0.15) is 58.0 Å². The molecule has 5 heterocycles. The Morgan fingerprint density at radius 2 is 1.97 bits per heavy atom. The molecule has 5 rings (SSSR count). The second-order valence-electron chi connectivity index (χ2n) is 9.06. The van der Waals surface area contributed by atoms with Crippen LogP contribution in [0.5, 0.6) is 0 Å². The molecule has 0 bridgehead atoms. The molecule has 1 aliphatic heterocycles. The van der Waals surface area contributed by atoms with Crippen molar-refractivity contribution >= 4 is 11.6 Å². The molecule has 33 heavy (non-hydrogen) atoms. The Kier molecular flexibility index (Phi) is 5.48. The number of aryl methyl sites for hydroxylation is 4. The molecule has 0 radical (unpaired) electrons. The molecular weight excluding hydrogens is 414 g/mol. The van der Waals surface area contributed by atoms with Gasteiger partial charge >= 0.3 is 0 Å². The van der Waals surface area contributed by atoms with E-state index in [-0.39, 0.29) is 11.9 Å². The van der Waals surface area contributed by atoms with Crippen LogP contribution in [0.25, 0.3) is 17.1 Å². The maximum Gasteiger partial charge on any atom is 0.273 e. The lowest BCUT2D eigenvalue weighted by atomic mass is 9.97. The standard InChI is InChI=1S/C26H29N5O2/c1-16-10-12-30-15-20(29-24(30)19(16)4)13-21-7-5-6-11-31(21)26(32)23-22(9-8-17(2)28-23)25-27-14-18(3)33-25/h8-10,12,14-15,21H,5-7,11,13H2,1-4H3. The van der Waals surface area contributed by atoms with Gasteiger partial charge in [0, 0.05) is 37.1 Å². The van der Waals surface area contributed by atoms with E-state index in [0.717, 1.165) is 42.7 Å². The van der Waals surface area contributed by atoms with Crippen LogP contribution in [0.3, 0.4) is 0 Å². The first kappa shape index (κ1) is 21.4. The molecule has 7 heteroatoms. The number of carbonyl (C=O) groups excluding carboxylic acids is 1. The van der Waals surface area contributed by atoms with Crippen LogP contribution in [0.15, 0.2) is 41.2 Å². The molecule has 4 aromatic rings. The van der Waals surface area contributed by atoms with Gasteiger partial charge in [-0.2, -0.15) is 0 Å². The van der Waals surface area contributed by atoms with Crippen LogP contribution in [0.4, 0.5) is 0 Å². The highest BCUT2D eigenvalue weighted by atomic mass is 16.4. The smallest absolute Gasteiger partial charge is 0.273 e. The molecule has 1 saturated heterocycles. The summed E-state index contributed by atoms with van der Waals surface area (Å²) in [5, 5.41) is 0. The molecule has 7 nitrogen and oxygen atoms in total. The molecule has 170 valence electrons. The monoisotopic (exact) mass is 443 g/mol. The number of amides is 1. The van der Waals surface area contributed by atoms with E-state index in [4.69, 9.17) is 9.40 Å².